The van der Waals surface area contributed by atoms with E-state index in [0.29, 0.717) is 5.56 Å². The van der Waals surface area contributed by atoms with E-state index in [2.05, 4.69) is 25.9 Å². The summed E-state index contributed by atoms with van der Waals surface area (Å²) >= 11 is 5.07. The summed E-state index contributed by atoms with van der Waals surface area (Å²) in [7, 11) is -3.63. The van der Waals surface area contributed by atoms with E-state index in [4.69, 9.17) is 12.2 Å². The number of nitrogens with one attached hydrogen (secondary N) is 4. The zero-order valence-electron chi connectivity index (χ0n) is 14.4. The van der Waals surface area contributed by atoms with E-state index >= 15 is 0 Å². The average Bonchev–Trinajstić information content (AvgIpc) is 2.74. The topological polar surface area (TPSA) is 112 Å². The molecule has 4 N–H and O–H groups in total. The molecule has 1 amide bonds. The summed E-state index contributed by atoms with van der Waals surface area (Å²) < 4.78 is 26.4. The molecule has 0 aliphatic carbocycles. The van der Waals surface area contributed by atoms with E-state index in [1.54, 1.807) is 25.1 Å². The van der Waals surface area contributed by atoms with Crippen molar-refractivity contribution >= 4 is 39.1 Å². The first-order valence-electron chi connectivity index (χ1n) is 7.58. The highest BCUT2D eigenvalue weighted by atomic mass is 32.2. The Kier molecular flexibility index (Phi) is 5.33. The quantitative estimate of drug-likeness (QED) is 0.435. The molecule has 1 aromatic carbocycles. The summed E-state index contributed by atoms with van der Waals surface area (Å²) in [5.41, 5.74) is 5.24. The maximum atomic E-state index is 12.1. The van der Waals surface area contributed by atoms with Gasteiger partial charge in [0.15, 0.2) is 5.11 Å². The van der Waals surface area contributed by atoms with Gasteiger partial charge in [-0.2, -0.15) is 0 Å². The van der Waals surface area contributed by atoms with Gasteiger partial charge in [-0.15, -0.1) is 0 Å². The van der Waals surface area contributed by atoms with Crippen LogP contribution in [0.1, 0.15) is 33.3 Å². The maximum Gasteiger partial charge on any atom is 0.263 e. The zero-order valence-corrected chi connectivity index (χ0v) is 16.0. The van der Waals surface area contributed by atoms with Gasteiger partial charge in [-0.05, 0) is 52.0 Å². The van der Waals surface area contributed by atoms with Gasteiger partial charge in [-0.1, -0.05) is 12.1 Å². The third-order valence-electron chi connectivity index (χ3n) is 3.15. The largest absolute Gasteiger partial charge is 0.357 e. The predicted molar refractivity (Wildman–Crippen MR) is 99.5 cm³/mol. The molecule has 0 fully saturated rings. The van der Waals surface area contributed by atoms with Crippen LogP contribution in [0.5, 0.6) is 0 Å². The van der Waals surface area contributed by atoms with Gasteiger partial charge in [0, 0.05) is 11.1 Å². The molecule has 0 unspecified atom stereocenters. The number of hydrogen-bond acceptors (Lipinski definition) is 5. The number of nitrogens with zero attached hydrogens (tertiary/aromatic N) is 1. The number of carbonyl (C=O) groups excluding carboxylic acids is 1. The normalized spacial score (nSPS) is 18.0. The number of hydrazine groups is 1. The number of aliphatic imine (C=N–C) groups is 1. The molecular formula is C15H21N5O3S2. The number of rotatable bonds is 2. The number of thiocarbonyl (C=S) groups is 1. The van der Waals surface area contributed by atoms with Gasteiger partial charge < -0.3 is 5.32 Å². The van der Waals surface area contributed by atoms with Gasteiger partial charge in [-0.25, -0.2) is 8.42 Å². The molecule has 1 aromatic rings. The average molecular weight is 383 g/mol. The molecule has 0 aromatic heterocycles. The molecule has 0 saturated heterocycles. The van der Waals surface area contributed by atoms with E-state index in [9.17, 15) is 13.2 Å². The van der Waals surface area contributed by atoms with Crippen LogP contribution in [0.2, 0.25) is 0 Å². The Bertz CT molecular complexity index is 828. The van der Waals surface area contributed by atoms with Gasteiger partial charge >= 0.3 is 0 Å². The van der Waals surface area contributed by atoms with Crippen LogP contribution in [0, 0.1) is 0 Å². The van der Waals surface area contributed by atoms with Crippen molar-refractivity contribution in [3.8, 4) is 0 Å². The lowest BCUT2D eigenvalue weighted by atomic mass is 10.1. The van der Waals surface area contributed by atoms with Crippen LogP contribution in [-0.2, 0) is 14.8 Å². The highest BCUT2D eigenvalue weighted by Gasteiger charge is 2.31. The second-order valence-electron chi connectivity index (χ2n) is 6.57. The lowest BCUT2D eigenvalue weighted by molar-refractivity contribution is -0.122. The number of benzene rings is 1. The fourth-order valence-electron chi connectivity index (χ4n) is 2.08. The number of amides is 1. The molecule has 1 heterocycles. The summed E-state index contributed by atoms with van der Waals surface area (Å²) in [5.74, 6) is -0.303. The maximum absolute atomic E-state index is 12.1. The molecule has 0 spiro atoms. The Labute approximate surface area is 152 Å². The van der Waals surface area contributed by atoms with Gasteiger partial charge in [0.2, 0.25) is 0 Å². The highest BCUT2D eigenvalue weighted by molar-refractivity contribution is 7.90. The fraction of sp³-hybridized carbons (Fsp3) is 0.400. The summed E-state index contributed by atoms with van der Waals surface area (Å²) in [6.07, 6.45) is 0. The number of hydrogen-bond donors (Lipinski definition) is 4. The lowest BCUT2D eigenvalue weighted by Crippen LogP contribution is -2.53. The first-order valence-corrected chi connectivity index (χ1v) is 9.47. The van der Waals surface area contributed by atoms with Crippen LogP contribution >= 0.6 is 12.2 Å². The zero-order chi connectivity index (χ0) is 18.8. The monoisotopic (exact) mass is 383 g/mol. The van der Waals surface area contributed by atoms with Crippen LogP contribution in [0.25, 0.3) is 0 Å². The first-order chi connectivity index (χ1) is 11.5. The van der Waals surface area contributed by atoms with Gasteiger partial charge in [0.25, 0.3) is 15.9 Å². The Hall–Kier alpha value is -2.20. The summed E-state index contributed by atoms with van der Waals surface area (Å²) in [5, 5.41) is 3.26. The molecule has 1 aliphatic rings. The molecule has 136 valence electrons. The Balaban J connectivity index is 2.05. The third kappa shape index (κ3) is 4.89. The van der Waals surface area contributed by atoms with E-state index < -0.39 is 22.0 Å². The van der Waals surface area contributed by atoms with Crippen LogP contribution in [0.3, 0.4) is 0 Å². The molecule has 0 radical (unpaired) electrons. The Morgan fingerprint density at radius 3 is 2.52 bits per heavy atom. The van der Waals surface area contributed by atoms with Gasteiger partial charge in [0.1, 0.15) is 11.9 Å². The van der Waals surface area contributed by atoms with E-state index in [1.165, 1.54) is 6.07 Å². The van der Waals surface area contributed by atoms with Crippen LogP contribution < -0.4 is 20.9 Å². The van der Waals surface area contributed by atoms with Crippen molar-refractivity contribution in [1.29, 1.82) is 0 Å². The predicted octanol–water partition coefficient (Wildman–Crippen LogP) is 0.407. The van der Waals surface area contributed by atoms with Crippen LogP contribution in [-0.4, -0.2) is 36.9 Å². The smallest absolute Gasteiger partial charge is 0.263 e. The van der Waals surface area contributed by atoms with Crippen molar-refractivity contribution in [3.63, 3.8) is 0 Å². The summed E-state index contributed by atoms with van der Waals surface area (Å²) in [6.45, 7) is 7.35. The molecular weight excluding hydrogens is 362 g/mol. The molecule has 2 rings (SSSR count). The van der Waals surface area contributed by atoms with Crippen molar-refractivity contribution in [1.82, 2.24) is 20.9 Å². The van der Waals surface area contributed by atoms with E-state index in [-0.39, 0.29) is 21.4 Å². The molecule has 10 heteroatoms. The fourth-order valence-corrected chi connectivity index (χ4v) is 3.67. The molecule has 1 aliphatic heterocycles. The summed E-state index contributed by atoms with van der Waals surface area (Å²) in [6, 6.07) is 5.64. The van der Waals surface area contributed by atoms with Crippen LogP contribution in [0.4, 0.5) is 0 Å². The van der Waals surface area contributed by atoms with Gasteiger partial charge in [-0.3, -0.25) is 25.4 Å². The lowest BCUT2D eigenvalue weighted by Gasteiger charge is -2.23. The standard InChI is InChI=1S/C15H21N5O3S2/c1-9(13(21)18-19-14(24)17-15(2,3)4)16-12-10-7-5-6-8-11(10)25(22,23)20-12/h5-9H,1-4H3,(H,16,20)(H,18,21)(H2,17,19,24)/t9-/m0/s1. The number of carbonyl (C=O) groups is 1. The van der Waals surface area contributed by atoms with Crippen molar-refractivity contribution in [2.24, 2.45) is 4.99 Å². The number of fused-ring (bicyclic) bond motifs is 1. The Morgan fingerprint density at radius 1 is 1.24 bits per heavy atom. The highest BCUT2D eigenvalue weighted by Crippen LogP contribution is 2.22. The number of sulfonamides is 1. The molecule has 25 heavy (non-hydrogen) atoms. The van der Waals surface area contributed by atoms with Crippen molar-refractivity contribution < 1.29 is 13.2 Å². The first kappa shape index (κ1) is 19.1. The Morgan fingerprint density at radius 2 is 1.88 bits per heavy atom. The molecule has 8 nitrogen and oxygen atoms in total. The number of amidine groups is 1. The van der Waals surface area contributed by atoms with Crippen molar-refractivity contribution in [2.75, 3.05) is 0 Å². The molecule has 1 atom stereocenters. The van der Waals surface area contributed by atoms with E-state index in [1.807, 2.05) is 20.8 Å². The molecule has 0 saturated carbocycles. The SMILES string of the molecule is C[C@H](N=C1NS(=O)(=O)c2ccccc21)C(=O)NNC(=S)NC(C)(C)C. The van der Waals surface area contributed by atoms with Gasteiger partial charge in [0.05, 0.1) is 4.90 Å². The minimum absolute atomic E-state index is 0.147. The second kappa shape index (κ2) is 6.96. The summed E-state index contributed by atoms with van der Waals surface area (Å²) in [4.78, 5) is 16.5. The second-order valence-corrected chi connectivity index (χ2v) is 8.63. The van der Waals surface area contributed by atoms with E-state index in [0.717, 1.165) is 0 Å². The van der Waals surface area contributed by atoms with Crippen molar-refractivity contribution in [2.45, 2.75) is 44.2 Å². The minimum atomic E-state index is -3.63. The van der Waals surface area contributed by atoms with Crippen molar-refractivity contribution in [3.05, 3.63) is 29.8 Å². The third-order valence-corrected chi connectivity index (χ3v) is 4.75. The molecule has 0 bridgehead atoms. The van der Waals surface area contributed by atoms with Crippen LogP contribution in [0.15, 0.2) is 34.2 Å². The minimum Gasteiger partial charge on any atom is -0.357 e.